The van der Waals surface area contributed by atoms with Crippen LogP contribution in [-0.2, 0) is 33.5 Å². The number of hydrogen-bond acceptors (Lipinski definition) is 9. The van der Waals surface area contributed by atoms with Crippen LogP contribution in [0.4, 0.5) is 9.18 Å². The Bertz CT molecular complexity index is 1450. The van der Waals surface area contributed by atoms with E-state index in [-0.39, 0.29) is 48.3 Å². The lowest BCUT2D eigenvalue weighted by atomic mass is 9.85. The minimum atomic E-state index is -1.31. The first-order valence-corrected chi connectivity index (χ1v) is 16.7. The van der Waals surface area contributed by atoms with Crippen molar-refractivity contribution < 1.29 is 42.7 Å². The maximum absolute atomic E-state index is 14.9. The van der Waals surface area contributed by atoms with Gasteiger partial charge in [0.15, 0.2) is 0 Å². The van der Waals surface area contributed by atoms with E-state index in [4.69, 9.17) is 25.9 Å². The van der Waals surface area contributed by atoms with Crippen molar-refractivity contribution in [2.24, 2.45) is 5.41 Å². The zero-order chi connectivity index (χ0) is 34.8. The van der Waals surface area contributed by atoms with E-state index >= 15 is 0 Å². The van der Waals surface area contributed by atoms with Crippen LogP contribution in [0, 0.1) is 11.2 Å². The summed E-state index contributed by atoms with van der Waals surface area (Å²) in [5, 5.41) is 8.18. The van der Waals surface area contributed by atoms with Crippen LogP contribution in [0.1, 0.15) is 71.8 Å². The summed E-state index contributed by atoms with van der Waals surface area (Å²) in [6.45, 7) is 7.64. The molecule has 4 amide bonds. The van der Waals surface area contributed by atoms with Gasteiger partial charge in [0.2, 0.25) is 17.6 Å². The Balaban J connectivity index is 1.43. The molecule has 5 atom stereocenters. The van der Waals surface area contributed by atoms with E-state index in [0.29, 0.717) is 19.4 Å². The van der Waals surface area contributed by atoms with Crippen LogP contribution in [0.2, 0.25) is 5.02 Å². The normalized spacial score (nSPS) is 24.8. The number of likely N-dealkylation sites (tertiary alicyclic amines) is 1. The van der Waals surface area contributed by atoms with E-state index < -0.39 is 70.7 Å². The number of ether oxygens (including phenoxy) is 2. The summed E-state index contributed by atoms with van der Waals surface area (Å²) in [5.74, 6) is -3.42. The highest BCUT2D eigenvalue weighted by Gasteiger charge is 2.54. The lowest BCUT2D eigenvalue weighted by Gasteiger charge is -2.35. The number of hydroxylamine groups is 1. The van der Waals surface area contributed by atoms with Gasteiger partial charge in [0.25, 0.3) is 5.91 Å². The van der Waals surface area contributed by atoms with E-state index in [1.54, 1.807) is 26.8 Å². The third kappa shape index (κ3) is 8.09. The number of nitrogens with one attached hydrogen (secondary N) is 4. The number of Topliss-reactive ketones (excluding diaryl/α,β-unsaturated/α-hetero) is 1. The van der Waals surface area contributed by atoms with Gasteiger partial charge in [-0.05, 0) is 42.9 Å². The third-order valence-corrected chi connectivity index (χ3v) is 9.14. The molecule has 3 fully saturated rings. The van der Waals surface area contributed by atoms with Crippen molar-refractivity contribution in [3.63, 3.8) is 0 Å². The SMILES string of the molecule is CCC[C@H](NC(=O)[C@@H]1C[C@@]2(C=C(c3c(F)cccc3Cl)NO2)CN1C(=O)[C@@H](NC(=O)O[C@H]1CCOC1)C(C)(C)C)C(=O)C(=O)NC1CC1. The number of carbonyl (C=O) groups excluding carboxylic acids is 5. The number of nitrogens with zero attached hydrogens (tertiary/aromatic N) is 1. The fourth-order valence-electron chi connectivity index (χ4n) is 6.09. The van der Waals surface area contributed by atoms with Gasteiger partial charge in [0.1, 0.15) is 29.6 Å². The average Bonchev–Trinajstić information content (AvgIpc) is 3.37. The first-order valence-electron chi connectivity index (χ1n) is 16.3. The summed E-state index contributed by atoms with van der Waals surface area (Å²) in [5.41, 5.74) is 0.848. The minimum Gasteiger partial charge on any atom is -0.444 e. The molecule has 0 unspecified atom stereocenters. The molecule has 1 saturated carbocycles. The molecule has 4 N–H and O–H groups in total. The number of carbonyl (C=O) groups is 5. The summed E-state index contributed by atoms with van der Waals surface area (Å²) < 4.78 is 25.6. The van der Waals surface area contributed by atoms with Crippen LogP contribution >= 0.6 is 11.6 Å². The van der Waals surface area contributed by atoms with Crippen LogP contribution in [-0.4, -0.2) is 90.1 Å². The highest BCUT2D eigenvalue weighted by molar-refractivity contribution is 6.38. The van der Waals surface area contributed by atoms with Gasteiger partial charge in [-0.1, -0.05) is 51.8 Å². The number of halogens is 2. The molecule has 48 heavy (non-hydrogen) atoms. The summed E-state index contributed by atoms with van der Waals surface area (Å²) in [4.78, 5) is 74.4. The Labute approximate surface area is 283 Å². The molecule has 1 spiro atoms. The first-order chi connectivity index (χ1) is 22.7. The Morgan fingerprint density at radius 3 is 2.54 bits per heavy atom. The first kappa shape index (κ1) is 35.6. The van der Waals surface area contributed by atoms with Crippen molar-refractivity contribution in [2.45, 2.75) is 102 Å². The molecule has 15 heteroatoms. The fraction of sp³-hybridized carbons (Fsp3) is 0.606. The fourth-order valence-corrected chi connectivity index (χ4v) is 6.36. The number of amides is 4. The maximum atomic E-state index is 14.9. The number of ketones is 1. The maximum Gasteiger partial charge on any atom is 0.408 e. The smallest absolute Gasteiger partial charge is 0.408 e. The molecule has 0 radical (unpaired) electrons. The van der Waals surface area contributed by atoms with Gasteiger partial charge in [-0.15, -0.1) is 0 Å². The predicted octanol–water partition coefficient (Wildman–Crippen LogP) is 2.76. The van der Waals surface area contributed by atoms with E-state index in [0.717, 1.165) is 12.8 Å². The molecule has 3 aliphatic heterocycles. The zero-order valence-corrected chi connectivity index (χ0v) is 28.3. The highest BCUT2D eigenvalue weighted by atomic mass is 35.5. The molecule has 1 aromatic carbocycles. The molecule has 0 aromatic heterocycles. The average molecular weight is 692 g/mol. The van der Waals surface area contributed by atoms with Gasteiger partial charge in [0.05, 0.1) is 42.1 Å². The van der Waals surface area contributed by atoms with Crippen molar-refractivity contribution in [1.82, 2.24) is 26.3 Å². The molecule has 13 nitrogen and oxygen atoms in total. The van der Waals surface area contributed by atoms with Gasteiger partial charge in [0, 0.05) is 18.9 Å². The van der Waals surface area contributed by atoms with Gasteiger partial charge in [-0.3, -0.25) is 29.5 Å². The largest absolute Gasteiger partial charge is 0.444 e. The van der Waals surface area contributed by atoms with Crippen LogP contribution in [0.25, 0.3) is 5.70 Å². The van der Waals surface area contributed by atoms with Crippen LogP contribution in [0.15, 0.2) is 24.3 Å². The van der Waals surface area contributed by atoms with Crippen molar-refractivity contribution in [2.75, 3.05) is 19.8 Å². The molecule has 4 aliphatic rings. The lowest BCUT2D eigenvalue weighted by molar-refractivity contribution is -0.144. The molecular formula is C33H43ClFN5O8. The monoisotopic (exact) mass is 691 g/mol. The Morgan fingerprint density at radius 2 is 1.92 bits per heavy atom. The third-order valence-electron chi connectivity index (χ3n) is 8.83. The zero-order valence-electron chi connectivity index (χ0n) is 27.5. The van der Waals surface area contributed by atoms with Gasteiger partial charge < -0.3 is 30.3 Å². The van der Waals surface area contributed by atoms with Gasteiger partial charge in [-0.25, -0.2) is 9.18 Å². The highest BCUT2D eigenvalue weighted by Crippen LogP contribution is 2.40. The minimum absolute atomic E-state index is 0.0482. The van der Waals surface area contributed by atoms with E-state index in [1.807, 2.05) is 6.92 Å². The van der Waals surface area contributed by atoms with E-state index in [2.05, 4.69) is 21.4 Å². The number of alkyl carbamates (subject to hydrolysis) is 1. The number of rotatable bonds is 11. The number of hydrogen-bond donors (Lipinski definition) is 4. The molecule has 1 aromatic rings. The second kappa shape index (κ2) is 14.4. The van der Waals surface area contributed by atoms with Crippen LogP contribution < -0.4 is 21.4 Å². The Morgan fingerprint density at radius 1 is 1.17 bits per heavy atom. The molecule has 5 rings (SSSR count). The van der Waals surface area contributed by atoms with Crippen molar-refractivity contribution >= 4 is 46.9 Å². The molecule has 0 bridgehead atoms. The molecule has 262 valence electrons. The summed E-state index contributed by atoms with van der Waals surface area (Å²) >= 11 is 6.31. The number of benzene rings is 1. The molecular weight excluding hydrogens is 649 g/mol. The van der Waals surface area contributed by atoms with Gasteiger partial charge >= 0.3 is 6.09 Å². The molecule has 2 saturated heterocycles. The van der Waals surface area contributed by atoms with Crippen LogP contribution in [0.3, 0.4) is 0 Å². The van der Waals surface area contributed by atoms with E-state index in [9.17, 15) is 28.4 Å². The van der Waals surface area contributed by atoms with Gasteiger partial charge in [-0.2, -0.15) is 0 Å². The quantitative estimate of drug-likeness (QED) is 0.256. The van der Waals surface area contributed by atoms with E-state index in [1.165, 1.54) is 23.1 Å². The summed E-state index contributed by atoms with van der Waals surface area (Å²) in [7, 11) is 0. The summed E-state index contributed by atoms with van der Waals surface area (Å²) in [6.07, 6.45) is 3.04. The van der Waals surface area contributed by atoms with Crippen molar-refractivity contribution in [3.05, 3.63) is 40.7 Å². The lowest BCUT2D eigenvalue weighted by Crippen LogP contribution is -2.59. The standard InChI is InChI=1S/C33H43ClFN5O8/c1-5-7-22(26(41)29(43)36-18-10-11-18)37-28(42)24-15-33(14-23(39-48-33)25-20(34)8-6-9-21(25)35)17-40(24)30(44)27(32(2,3)4)38-31(45)47-19-12-13-46-16-19/h6,8-9,14,18-19,22,24,27,39H,5,7,10-13,15-17H2,1-4H3,(H,36,43)(H,37,42)(H,38,45)/t19-,22-,24-,27+,33-/m0/s1. The topological polar surface area (TPSA) is 164 Å². The Kier molecular flexibility index (Phi) is 10.7. The second-order valence-corrected chi connectivity index (χ2v) is 14.3. The van der Waals surface area contributed by atoms with Crippen molar-refractivity contribution in [3.8, 4) is 0 Å². The molecule has 3 heterocycles. The van der Waals surface area contributed by atoms with Crippen LogP contribution in [0.5, 0.6) is 0 Å². The second-order valence-electron chi connectivity index (χ2n) is 13.9. The summed E-state index contributed by atoms with van der Waals surface area (Å²) in [6, 6.07) is 0.719. The molecule has 1 aliphatic carbocycles. The van der Waals surface area contributed by atoms with Crippen molar-refractivity contribution in [1.29, 1.82) is 0 Å². The Hall–Kier alpha value is -3.75. The predicted molar refractivity (Wildman–Crippen MR) is 172 cm³/mol.